The second-order valence-corrected chi connectivity index (χ2v) is 5.01. The number of benzene rings is 2. The van der Waals surface area contributed by atoms with E-state index >= 15 is 0 Å². The van der Waals surface area contributed by atoms with Gasteiger partial charge < -0.3 is 10.4 Å². The Bertz CT molecular complexity index is 876. The van der Waals surface area contributed by atoms with Gasteiger partial charge >= 0.3 is 5.97 Å². The molecule has 1 amide bonds. The summed E-state index contributed by atoms with van der Waals surface area (Å²) < 4.78 is 0. The predicted octanol–water partition coefficient (Wildman–Crippen LogP) is 2.72. The Morgan fingerprint density at radius 2 is 1.70 bits per heavy atom. The van der Waals surface area contributed by atoms with Crippen molar-refractivity contribution >= 4 is 22.6 Å². The zero-order chi connectivity index (χ0) is 16.2. The highest BCUT2D eigenvalue weighted by atomic mass is 16.4. The average molecular weight is 306 g/mol. The van der Waals surface area contributed by atoms with E-state index in [2.05, 4.69) is 10.3 Å². The number of carbonyl (C=O) groups excluding carboxylic acids is 1. The molecule has 0 saturated carbocycles. The molecule has 0 spiro atoms. The third-order valence-electron chi connectivity index (χ3n) is 3.48. The summed E-state index contributed by atoms with van der Waals surface area (Å²) in [6.45, 7) is -0.443. The summed E-state index contributed by atoms with van der Waals surface area (Å²) in [4.78, 5) is 27.3. The third-order valence-corrected chi connectivity index (χ3v) is 3.48. The van der Waals surface area contributed by atoms with Gasteiger partial charge in [-0.15, -0.1) is 0 Å². The number of nitrogens with zero attached hydrogens (tertiary/aromatic N) is 1. The minimum atomic E-state index is -1.10. The number of amides is 1. The first-order chi connectivity index (χ1) is 11.2. The molecule has 2 aromatic carbocycles. The van der Waals surface area contributed by atoms with Gasteiger partial charge in [-0.05, 0) is 10.9 Å². The molecule has 0 aliphatic rings. The van der Waals surface area contributed by atoms with Crippen LogP contribution in [0.1, 0.15) is 10.5 Å². The van der Waals surface area contributed by atoms with Crippen molar-refractivity contribution in [3.8, 4) is 11.1 Å². The molecule has 1 aromatic heterocycles. The second kappa shape index (κ2) is 6.27. The molecule has 0 atom stereocenters. The zero-order valence-corrected chi connectivity index (χ0v) is 12.2. The molecule has 3 aromatic rings. The Kier molecular flexibility index (Phi) is 4.01. The lowest BCUT2D eigenvalue weighted by molar-refractivity contribution is -0.135. The van der Waals surface area contributed by atoms with Crippen LogP contribution in [-0.4, -0.2) is 28.5 Å². The van der Waals surface area contributed by atoms with Gasteiger partial charge in [-0.2, -0.15) is 0 Å². The number of rotatable bonds is 4. The van der Waals surface area contributed by atoms with E-state index < -0.39 is 18.4 Å². The Morgan fingerprint density at radius 1 is 1.00 bits per heavy atom. The van der Waals surface area contributed by atoms with E-state index in [9.17, 15) is 9.59 Å². The second-order valence-electron chi connectivity index (χ2n) is 5.01. The fourth-order valence-electron chi connectivity index (χ4n) is 2.47. The third kappa shape index (κ3) is 3.03. The molecule has 5 nitrogen and oxygen atoms in total. The Labute approximate surface area is 132 Å². The van der Waals surface area contributed by atoms with E-state index in [1.165, 1.54) is 0 Å². The highest BCUT2D eigenvalue weighted by Gasteiger charge is 2.18. The van der Waals surface area contributed by atoms with Crippen molar-refractivity contribution in [1.29, 1.82) is 0 Å². The highest BCUT2D eigenvalue weighted by Crippen LogP contribution is 2.30. The molecule has 0 bridgehead atoms. The van der Waals surface area contributed by atoms with Gasteiger partial charge in [-0.25, -0.2) is 4.98 Å². The number of fused-ring (bicyclic) bond motifs is 1. The molecule has 0 saturated heterocycles. The minimum absolute atomic E-state index is 0.219. The summed E-state index contributed by atoms with van der Waals surface area (Å²) in [5.74, 6) is -1.60. The number of nitrogens with one attached hydrogen (secondary N) is 1. The fourth-order valence-corrected chi connectivity index (χ4v) is 2.47. The van der Waals surface area contributed by atoms with Crippen LogP contribution in [0.4, 0.5) is 0 Å². The van der Waals surface area contributed by atoms with Crippen molar-refractivity contribution < 1.29 is 14.7 Å². The predicted molar refractivity (Wildman–Crippen MR) is 87.1 cm³/mol. The van der Waals surface area contributed by atoms with Crippen LogP contribution in [0.15, 0.2) is 60.8 Å². The molecule has 2 N–H and O–H groups in total. The molecule has 0 aliphatic carbocycles. The van der Waals surface area contributed by atoms with Crippen LogP contribution in [0.25, 0.3) is 21.9 Å². The Balaban J connectivity index is 2.18. The summed E-state index contributed by atoms with van der Waals surface area (Å²) >= 11 is 0. The van der Waals surface area contributed by atoms with Crippen LogP contribution in [0, 0.1) is 0 Å². The van der Waals surface area contributed by atoms with Crippen molar-refractivity contribution in [3.63, 3.8) is 0 Å². The molecule has 3 rings (SSSR count). The van der Waals surface area contributed by atoms with Crippen molar-refractivity contribution in [2.24, 2.45) is 0 Å². The lowest BCUT2D eigenvalue weighted by Gasteiger charge is -2.12. The number of hydrogen-bond donors (Lipinski definition) is 2. The first kappa shape index (κ1) is 14.7. The number of pyridine rings is 1. The smallest absolute Gasteiger partial charge is 0.322 e. The maximum Gasteiger partial charge on any atom is 0.322 e. The van der Waals surface area contributed by atoms with Gasteiger partial charge in [0.05, 0.1) is 0 Å². The van der Waals surface area contributed by atoms with Crippen LogP contribution in [-0.2, 0) is 4.79 Å². The lowest BCUT2D eigenvalue weighted by atomic mass is 9.97. The molecule has 23 heavy (non-hydrogen) atoms. The van der Waals surface area contributed by atoms with Crippen LogP contribution < -0.4 is 5.32 Å². The number of aromatic nitrogens is 1. The maximum absolute atomic E-state index is 12.4. The standard InChI is InChI=1S/C18H14N2O3/c21-15(22)11-20-18(23)17-16(12-6-2-1-3-7-12)14-9-5-4-8-13(14)10-19-17/h1-10H,11H2,(H,20,23)(H,21,22). The number of hydrogen-bond acceptors (Lipinski definition) is 3. The zero-order valence-electron chi connectivity index (χ0n) is 12.2. The molecule has 114 valence electrons. The lowest BCUT2D eigenvalue weighted by Crippen LogP contribution is -2.30. The molecular formula is C18H14N2O3. The Morgan fingerprint density at radius 3 is 2.43 bits per heavy atom. The highest BCUT2D eigenvalue weighted by molar-refractivity contribution is 6.08. The van der Waals surface area contributed by atoms with Crippen LogP contribution in [0.2, 0.25) is 0 Å². The van der Waals surface area contributed by atoms with Crippen molar-refractivity contribution in [1.82, 2.24) is 10.3 Å². The Hall–Kier alpha value is -3.21. The van der Waals surface area contributed by atoms with E-state index in [0.29, 0.717) is 5.56 Å². The van der Waals surface area contributed by atoms with Gasteiger partial charge in [0.25, 0.3) is 5.91 Å². The molecule has 0 unspecified atom stereocenters. The molecule has 0 aliphatic heterocycles. The van der Waals surface area contributed by atoms with E-state index in [1.54, 1.807) is 6.20 Å². The monoisotopic (exact) mass is 306 g/mol. The molecule has 0 radical (unpaired) electrons. The average Bonchev–Trinajstić information content (AvgIpc) is 2.59. The molecule has 5 heteroatoms. The van der Waals surface area contributed by atoms with Crippen molar-refractivity contribution in [2.75, 3.05) is 6.54 Å². The summed E-state index contributed by atoms with van der Waals surface area (Å²) in [6, 6.07) is 17.1. The number of carboxylic acid groups (broad SMARTS) is 1. The maximum atomic E-state index is 12.4. The van der Waals surface area contributed by atoms with Crippen molar-refractivity contribution in [3.05, 3.63) is 66.5 Å². The quantitative estimate of drug-likeness (QED) is 0.776. The fraction of sp³-hybridized carbons (Fsp3) is 0.0556. The number of carboxylic acids is 1. The molecule has 1 heterocycles. The van der Waals surface area contributed by atoms with Crippen molar-refractivity contribution in [2.45, 2.75) is 0 Å². The van der Waals surface area contributed by atoms with Gasteiger partial charge in [-0.3, -0.25) is 9.59 Å². The van der Waals surface area contributed by atoms with Gasteiger partial charge in [-0.1, -0.05) is 54.6 Å². The van der Waals surface area contributed by atoms with Gasteiger partial charge in [0.2, 0.25) is 0 Å². The SMILES string of the molecule is O=C(O)CNC(=O)c1ncc2ccccc2c1-c1ccccc1. The molecule has 0 fully saturated rings. The van der Waals surface area contributed by atoms with Crippen LogP contribution >= 0.6 is 0 Å². The van der Waals surface area contributed by atoms with E-state index in [-0.39, 0.29) is 5.69 Å². The van der Waals surface area contributed by atoms with E-state index in [4.69, 9.17) is 5.11 Å². The number of carbonyl (C=O) groups is 2. The molecular weight excluding hydrogens is 292 g/mol. The summed E-state index contributed by atoms with van der Waals surface area (Å²) in [7, 11) is 0. The van der Waals surface area contributed by atoms with E-state index in [0.717, 1.165) is 16.3 Å². The summed E-state index contributed by atoms with van der Waals surface area (Å²) in [6.07, 6.45) is 1.62. The van der Waals surface area contributed by atoms with Gasteiger partial charge in [0.15, 0.2) is 0 Å². The van der Waals surface area contributed by atoms with Crippen LogP contribution in [0.3, 0.4) is 0 Å². The number of aliphatic carboxylic acids is 1. The first-order valence-corrected chi connectivity index (χ1v) is 7.10. The largest absolute Gasteiger partial charge is 0.480 e. The topological polar surface area (TPSA) is 79.3 Å². The summed E-state index contributed by atoms with van der Waals surface area (Å²) in [5, 5.41) is 12.9. The van der Waals surface area contributed by atoms with Crippen LogP contribution in [0.5, 0.6) is 0 Å². The summed E-state index contributed by atoms with van der Waals surface area (Å²) in [5.41, 5.74) is 1.78. The first-order valence-electron chi connectivity index (χ1n) is 7.10. The normalized spacial score (nSPS) is 10.4. The minimum Gasteiger partial charge on any atom is -0.480 e. The van der Waals surface area contributed by atoms with E-state index in [1.807, 2.05) is 54.6 Å². The van der Waals surface area contributed by atoms with Gasteiger partial charge in [0.1, 0.15) is 12.2 Å². The van der Waals surface area contributed by atoms with Gasteiger partial charge in [0, 0.05) is 17.1 Å².